The third kappa shape index (κ3) is 4.16. The molecule has 18 heavy (non-hydrogen) atoms. The molecule has 0 unspecified atom stereocenters. The topological polar surface area (TPSA) is 42.0 Å². The van der Waals surface area contributed by atoms with Gasteiger partial charge in [0.05, 0.1) is 0 Å². The molecule has 2 heterocycles. The number of carbonyl (C=O) groups is 1. The van der Waals surface area contributed by atoms with Crippen LogP contribution >= 0.6 is 23.1 Å². The number of aromatic nitrogens is 1. The Hall–Kier alpha value is -1.33. The van der Waals surface area contributed by atoms with E-state index in [9.17, 15) is 4.79 Å². The fraction of sp³-hybridized carbons (Fsp3) is 0.231. The van der Waals surface area contributed by atoms with Gasteiger partial charge in [0, 0.05) is 34.8 Å². The summed E-state index contributed by atoms with van der Waals surface area (Å²) in [6, 6.07) is 5.83. The second-order valence-corrected chi connectivity index (χ2v) is 5.60. The average molecular weight is 278 g/mol. The van der Waals surface area contributed by atoms with Crippen LogP contribution in [0.15, 0.2) is 46.2 Å². The van der Waals surface area contributed by atoms with Gasteiger partial charge in [0.1, 0.15) is 0 Å². The van der Waals surface area contributed by atoms with Crippen LogP contribution in [0.2, 0.25) is 0 Å². The van der Waals surface area contributed by atoms with Crippen molar-refractivity contribution >= 4 is 29.0 Å². The minimum absolute atomic E-state index is 0.0187. The Labute approximate surface area is 115 Å². The van der Waals surface area contributed by atoms with E-state index in [0.717, 1.165) is 17.7 Å². The molecular formula is C13H14N2OS2. The van der Waals surface area contributed by atoms with E-state index in [2.05, 4.69) is 10.3 Å². The van der Waals surface area contributed by atoms with Gasteiger partial charge in [0.25, 0.3) is 5.91 Å². The number of hydrogen-bond donors (Lipinski definition) is 1. The number of thioether (sulfide) groups is 1. The first-order valence-electron chi connectivity index (χ1n) is 5.69. The number of thiophene rings is 1. The number of nitrogens with zero attached hydrogens (tertiary/aromatic N) is 1. The SMILES string of the molecule is O=C(NCCCSc1ccncc1)c1ccsc1. The monoisotopic (exact) mass is 278 g/mol. The molecule has 0 aliphatic heterocycles. The van der Waals surface area contributed by atoms with Crippen molar-refractivity contribution in [1.82, 2.24) is 10.3 Å². The largest absolute Gasteiger partial charge is 0.352 e. The van der Waals surface area contributed by atoms with Gasteiger partial charge in [-0.15, -0.1) is 11.8 Å². The van der Waals surface area contributed by atoms with Gasteiger partial charge in [-0.1, -0.05) is 0 Å². The highest BCUT2D eigenvalue weighted by Gasteiger charge is 2.03. The number of amides is 1. The maximum Gasteiger partial charge on any atom is 0.252 e. The van der Waals surface area contributed by atoms with Crippen LogP contribution in [0.4, 0.5) is 0 Å². The summed E-state index contributed by atoms with van der Waals surface area (Å²) in [6.45, 7) is 0.715. The van der Waals surface area contributed by atoms with Crippen molar-refractivity contribution in [2.75, 3.05) is 12.3 Å². The number of pyridine rings is 1. The standard InChI is InChI=1S/C13H14N2OS2/c16-13(11-4-9-17-10-11)15-5-1-8-18-12-2-6-14-7-3-12/h2-4,6-7,9-10H,1,5,8H2,(H,15,16). The highest BCUT2D eigenvalue weighted by atomic mass is 32.2. The number of nitrogens with one attached hydrogen (secondary N) is 1. The summed E-state index contributed by atoms with van der Waals surface area (Å²) in [5, 5.41) is 6.69. The zero-order chi connectivity index (χ0) is 12.6. The molecule has 0 aliphatic rings. The van der Waals surface area contributed by atoms with Crippen LogP contribution in [-0.4, -0.2) is 23.2 Å². The van der Waals surface area contributed by atoms with Gasteiger partial charge < -0.3 is 5.32 Å². The fourth-order valence-corrected chi connectivity index (χ4v) is 2.87. The van der Waals surface area contributed by atoms with Crippen LogP contribution in [0.3, 0.4) is 0 Å². The average Bonchev–Trinajstić information content (AvgIpc) is 2.93. The first-order chi connectivity index (χ1) is 8.86. The first-order valence-corrected chi connectivity index (χ1v) is 7.62. The lowest BCUT2D eigenvalue weighted by Gasteiger charge is -2.03. The molecule has 1 amide bonds. The number of carbonyl (C=O) groups excluding carboxylic acids is 1. The van der Waals surface area contributed by atoms with Crippen molar-refractivity contribution in [3.63, 3.8) is 0 Å². The lowest BCUT2D eigenvalue weighted by Crippen LogP contribution is -2.24. The van der Waals surface area contributed by atoms with Gasteiger partial charge >= 0.3 is 0 Å². The molecule has 0 aromatic carbocycles. The Morgan fingerprint density at radius 3 is 2.89 bits per heavy atom. The number of rotatable bonds is 6. The van der Waals surface area contributed by atoms with Crippen LogP contribution in [0.25, 0.3) is 0 Å². The van der Waals surface area contributed by atoms with Crippen molar-refractivity contribution in [1.29, 1.82) is 0 Å². The quantitative estimate of drug-likeness (QED) is 0.652. The van der Waals surface area contributed by atoms with E-state index >= 15 is 0 Å². The summed E-state index contributed by atoms with van der Waals surface area (Å²) in [5.74, 6) is 1.01. The zero-order valence-corrected chi connectivity index (χ0v) is 11.5. The van der Waals surface area contributed by atoms with Crippen molar-refractivity contribution in [2.24, 2.45) is 0 Å². The molecule has 0 spiro atoms. The van der Waals surface area contributed by atoms with E-state index in [-0.39, 0.29) is 5.91 Å². The molecule has 94 valence electrons. The fourth-order valence-electron chi connectivity index (χ4n) is 1.39. The lowest BCUT2D eigenvalue weighted by atomic mass is 10.3. The van der Waals surface area contributed by atoms with Gasteiger partial charge in [-0.05, 0) is 35.8 Å². The Morgan fingerprint density at radius 1 is 1.33 bits per heavy atom. The normalized spacial score (nSPS) is 10.2. The summed E-state index contributed by atoms with van der Waals surface area (Å²) in [7, 11) is 0. The van der Waals surface area contributed by atoms with Gasteiger partial charge in [0.15, 0.2) is 0 Å². The zero-order valence-electron chi connectivity index (χ0n) is 9.83. The van der Waals surface area contributed by atoms with E-state index in [1.54, 1.807) is 24.2 Å². The second-order valence-electron chi connectivity index (χ2n) is 3.65. The van der Waals surface area contributed by atoms with Gasteiger partial charge in [-0.25, -0.2) is 0 Å². The molecular weight excluding hydrogens is 264 g/mol. The Morgan fingerprint density at radius 2 is 2.17 bits per heavy atom. The molecule has 5 heteroatoms. The van der Waals surface area contributed by atoms with E-state index in [1.807, 2.05) is 29.0 Å². The predicted octanol–water partition coefficient (Wildman–Crippen LogP) is 3.06. The molecule has 2 aromatic rings. The highest BCUT2D eigenvalue weighted by Crippen LogP contribution is 2.16. The van der Waals surface area contributed by atoms with E-state index in [0.29, 0.717) is 6.54 Å². The molecule has 0 aliphatic carbocycles. The molecule has 1 N–H and O–H groups in total. The molecule has 0 bridgehead atoms. The minimum atomic E-state index is 0.0187. The van der Waals surface area contributed by atoms with Crippen molar-refractivity contribution in [3.8, 4) is 0 Å². The van der Waals surface area contributed by atoms with Gasteiger partial charge in [0.2, 0.25) is 0 Å². The summed E-state index contributed by atoms with van der Waals surface area (Å²) in [6.07, 6.45) is 4.55. The summed E-state index contributed by atoms with van der Waals surface area (Å²) in [5.41, 5.74) is 0.752. The van der Waals surface area contributed by atoms with Crippen LogP contribution in [0.1, 0.15) is 16.8 Å². The van der Waals surface area contributed by atoms with E-state index in [1.165, 1.54) is 16.2 Å². The minimum Gasteiger partial charge on any atom is -0.352 e. The molecule has 3 nitrogen and oxygen atoms in total. The molecule has 2 aromatic heterocycles. The summed E-state index contributed by atoms with van der Waals surface area (Å²) >= 11 is 3.32. The molecule has 2 rings (SSSR count). The van der Waals surface area contributed by atoms with Crippen molar-refractivity contribution in [2.45, 2.75) is 11.3 Å². The Bertz CT molecular complexity index is 471. The van der Waals surface area contributed by atoms with Gasteiger partial charge in [-0.2, -0.15) is 11.3 Å². The molecule has 0 radical (unpaired) electrons. The second kappa shape index (κ2) is 7.18. The molecule has 0 fully saturated rings. The van der Waals surface area contributed by atoms with Crippen LogP contribution < -0.4 is 5.32 Å². The third-order valence-electron chi connectivity index (χ3n) is 2.31. The predicted molar refractivity (Wildman–Crippen MR) is 76.2 cm³/mol. The van der Waals surface area contributed by atoms with Crippen LogP contribution in [0.5, 0.6) is 0 Å². The molecule has 0 saturated carbocycles. The van der Waals surface area contributed by atoms with Crippen molar-refractivity contribution in [3.05, 3.63) is 46.9 Å². The molecule has 0 saturated heterocycles. The number of hydrogen-bond acceptors (Lipinski definition) is 4. The summed E-state index contributed by atoms with van der Waals surface area (Å²) < 4.78 is 0. The summed E-state index contributed by atoms with van der Waals surface area (Å²) in [4.78, 5) is 16.8. The maximum atomic E-state index is 11.6. The van der Waals surface area contributed by atoms with Gasteiger partial charge in [-0.3, -0.25) is 9.78 Å². The molecule has 0 atom stereocenters. The van der Waals surface area contributed by atoms with Crippen molar-refractivity contribution < 1.29 is 4.79 Å². The Kier molecular flexibility index (Phi) is 5.23. The maximum absolute atomic E-state index is 11.6. The first kappa shape index (κ1) is 13.1. The Balaban J connectivity index is 1.61. The van der Waals surface area contributed by atoms with Crippen LogP contribution in [0, 0.1) is 0 Å². The smallest absolute Gasteiger partial charge is 0.252 e. The van der Waals surface area contributed by atoms with Crippen LogP contribution in [-0.2, 0) is 0 Å². The van der Waals surface area contributed by atoms with E-state index < -0.39 is 0 Å². The lowest BCUT2D eigenvalue weighted by molar-refractivity contribution is 0.0954. The highest BCUT2D eigenvalue weighted by molar-refractivity contribution is 7.99. The van der Waals surface area contributed by atoms with E-state index in [4.69, 9.17) is 0 Å². The third-order valence-corrected chi connectivity index (χ3v) is 4.09.